The number of carboxylic acid groups (broad SMARTS) is 1. The zero-order valence-electron chi connectivity index (χ0n) is 24.6. The van der Waals surface area contributed by atoms with Gasteiger partial charge in [0.1, 0.15) is 11.2 Å². The van der Waals surface area contributed by atoms with E-state index in [1.54, 1.807) is 41.5 Å². The zero-order chi connectivity index (χ0) is 30.3. The fraction of sp³-hybridized carbons (Fsp3) is 0.382. The molecule has 3 rings (SSSR count). The van der Waals surface area contributed by atoms with Crippen LogP contribution in [0.3, 0.4) is 0 Å². The predicted octanol–water partition coefficient (Wildman–Crippen LogP) is 7.10. The maximum absolute atomic E-state index is 13.2. The highest BCUT2D eigenvalue weighted by atomic mass is 32.2. The van der Waals surface area contributed by atoms with Gasteiger partial charge in [0.05, 0.1) is 10.7 Å². The lowest BCUT2D eigenvalue weighted by molar-refractivity contribution is -0.175. The van der Waals surface area contributed by atoms with Crippen LogP contribution in [0.4, 0.5) is 0 Å². The van der Waals surface area contributed by atoms with Gasteiger partial charge in [0.15, 0.2) is 5.92 Å². The van der Waals surface area contributed by atoms with E-state index < -0.39 is 45.7 Å². The van der Waals surface area contributed by atoms with Gasteiger partial charge in [0.2, 0.25) is 0 Å². The fourth-order valence-corrected chi connectivity index (χ4v) is 6.19. The monoisotopic (exact) mass is 576 g/mol. The lowest BCUT2D eigenvalue weighted by Gasteiger charge is -2.36. The largest absolute Gasteiger partial charge is 0.481 e. The van der Waals surface area contributed by atoms with E-state index in [0.29, 0.717) is 0 Å². The van der Waals surface area contributed by atoms with Crippen molar-refractivity contribution in [2.24, 2.45) is 11.8 Å². The summed E-state index contributed by atoms with van der Waals surface area (Å²) in [5, 5.41) is 10.3. The Bertz CT molecular complexity index is 1170. The van der Waals surface area contributed by atoms with E-state index in [2.05, 4.69) is 0 Å². The summed E-state index contributed by atoms with van der Waals surface area (Å²) in [6.07, 6.45) is -0.249. The van der Waals surface area contributed by atoms with Gasteiger partial charge in [0.25, 0.3) is 0 Å². The van der Waals surface area contributed by atoms with E-state index in [9.17, 15) is 19.5 Å². The molecule has 1 unspecified atom stereocenters. The molecule has 3 aromatic rings. The molecule has 0 bridgehead atoms. The molecule has 6 nitrogen and oxygen atoms in total. The summed E-state index contributed by atoms with van der Waals surface area (Å²) in [6.45, 7) is 10.2. The van der Waals surface area contributed by atoms with Crippen molar-refractivity contribution in [3.8, 4) is 0 Å². The molecular weight excluding hydrogens is 536 g/mol. The summed E-state index contributed by atoms with van der Waals surface area (Å²) in [6, 6.07) is 29.8. The van der Waals surface area contributed by atoms with Gasteiger partial charge in [-0.2, -0.15) is 0 Å². The highest BCUT2D eigenvalue weighted by molar-refractivity contribution is 8.00. The van der Waals surface area contributed by atoms with Crippen LogP contribution in [0.1, 0.15) is 64.7 Å². The molecule has 0 saturated carbocycles. The third kappa shape index (κ3) is 8.70. The average molecular weight is 577 g/mol. The Labute approximate surface area is 247 Å². The van der Waals surface area contributed by atoms with E-state index in [1.807, 2.05) is 91.0 Å². The minimum Gasteiger partial charge on any atom is -0.481 e. The van der Waals surface area contributed by atoms with Gasteiger partial charge in [-0.25, -0.2) is 0 Å². The number of carboxylic acids is 1. The summed E-state index contributed by atoms with van der Waals surface area (Å²) in [7, 11) is 0. The van der Waals surface area contributed by atoms with E-state index in [0.717, 1.165) is 16.7 Å². The molecule has 0 radical (unpaired) electrons. The Morgan fingerprint density at radius 2 is 1.00 bits per heavy atom. The van der Waals surface area contributed by atoms with Crippen molar-refractivity contribution in [1.82, 2.24) is 0 Å². The first-order chi connectivity index (χ1) is 19.2. The Balaban J connectivity index is 2.05. The lowest BCUT2D eigenvalue weighted by atomic mass is 9.84. The second kappa shape index (κ2) is 13.4. The topological polar surface area (TPSA) is 89.9 Å². The minimum atomic E-state index is -1.38. The van der Waals surface area contributed by atoms with Crippen LogP contribution < -0.4 is 0 Å². The van der Waals surface area contributed by atoms with Crippen LogP contribution in [-0.2, 0) is 28.6 Å². The molecule has 218 valence electrons. The molecule has 0 aliphatic carbocycles. The fourth-order valence-electron chi connectivity index (χ4n) is 4.55. The summed E-state index contributed by atoms with van der Waals surface area (Å²) in [5.41, 5.74) is 1.26. The maximum atomic E-state index is 13.2. The third-order valence-electron chi connectivity index (χ3n) is 6.29. The molecule has 0 aromatic heterocycles. The molecule has 1 N–H and O–H groups in total. The zero-order valence-corrected chi connectivity index (χ0v) is 25.4. The van der Waals surface area contributed by atoms with E-state index in [-0.39, 0.29) is 12.2 Å². The van der Waals surface area contributed by atoms with Crippen LogP contribution >= 0.6 is 11.8 Å². The highest BCUT2D eigenvalue weighted by Gasteiger charge is 2.42. The van der Waals surface area contributed by atoms with Gasteiger partial charge >= 0.3 is 17.9 Å². The molecule has 0 spiro atoms. The summed E-state index contributed by atoms with van der Waals surface area (Å²) in [4.78, 5) is 39.0. The SMILES string of the molecule is CC(C)(C)OC(=O)C(CC(CSC(c1ccccc1)(c1ccccc1)c1ccccc1)C(=O)O)C(=O)OC(C)(C)C. The van der Waals surface area contributed by atoms with Crippen LogP contribution in [0, 0.1) is 11.8 Å². The van der Waals surface area contributed by atoms with E-state index in [4.69, 9.17) is 9.47 Å². The molecule has 0 aliphatic heterocycles. The van der Waals surface area contributed by atoms with Crippen LogP contribution in [-0.4, -0.2) is 40.0 Å². The molecule has 0 fully saturated rings. The average Bonchev–Trinajstić information content (AvgIpc) is 2.90. The number of rotatable bonds is 11. The van der Waals surface area contributed by atoms with Gasteiger partial charge in [0, 0.05) is 5.75 Å². The third-order valence-corrected chi connectivity index (χ3v) is 8.00. The van der Waals surface area contributed by atoms with Crippen molar-refractivity contribution >= 4 is 29.7 Å². The lowest BCUT2D eigenvalue weighted by Crippen LogP contribution is -2.39. The van der Waals surface area contributed by atoms with Crippen molar-refractivity contribution in [3.05, 3.63) is 108 Å². The van der Waals surface area contributed by atoms with Crippen molar-refractivity contribution in [2.45, 2.75) is 63.9 Å². The number of aliphatic carboxylic acids is 1. The van der Waals surface area contributed by atoms with Crippen molar-refractivity contribution < 1.29 is 29.0 Å². The molecule has 0 aliphatic rings. The highest BCUT2D eigenvalue weighted by Crippen LogP contribution is 2.49. The van der Waals surface area contributed by atoms with Crippen molar-refractivity contribution in [3.63, 3.8) is 0 Å². The Morgan fingerprint density at radius 3 is 1.29 bits per heavy atom. The van der Waals surface area contributed by atoms with Gasteiger partial charge < -0.3 is 14.6 Å². The van der Waals surface area contributed by atoms with E-state index >= 15 is 0 Å². The van der Waals surface area contributed by atoms with Crippen molar-refractivity contribution in [1.29, 1.82) is 0 Å². The normalized spacial score (nSPS) is 13.0. The molecule has 0 saturated heterocycles. The predicted molar refractivity (Wildman–Crippen MR) is 163 cm³/mol. The van der Waals surface area contributed by atoms with Gasteiger partial charge in [-0.15, -0.1) is 11.8 Å². The molecule has 0 heterocycles. The molecule has 3 aromatic carbocycles. The second-order valence-electron chi connectivity index (χ2n) is 12.0. The first-order valence-corrected chi connectivity index (χ1v) is 14.7. The number of hydrogen-bond donors (Lipinski definition) is 1. The molecular formula is C34H40O6S. The van der Waals surface area contributed by atoms with Gasteiger partial charge in [-0.1, -0.05) is 91.0 Å². The van der Waals surface area contributed by atoms with Crippen LogP contribution in [0.15, 0.2) is 91.0 Å². The van der Waals surface area contributed by atoms with Gasteiger partial charge in [-0.3, -0.25) is 14.4 Å². The number of esters is 2. The van der Waals surface area contributed by atoms with Crippen LogP contribution in [0.25, 0.3) is 0 Å². The second-order valence-corrected chi connectivity index (χ2v) is 13.2. The number of hydrogen-bond acceptors (Lipinski definition) is 6. The number of thioether (sulfide) groups is 1. The minimum absolute atomic E-state index is 0.121. The van der Waals surface area contributed by atoms with Gasteiger partial charge in [-0.05, 0) is 64.7 Å². The Kier molecular flexibility index (Phi) is 10.4. The number of carbonyl (C=O) groups excluding carboxylic acids is 2. The molecule has 7 heteroatoms. The first-order valence-electron chi connectivity index (χ1n) is 13.7. The van der Waals surface area contributed by atoms with Crippen LogP contribution in [0.5, 0.6) is 0 Å². The number of ether oxygens (including phenoxy) is 2. The first kappa shape index (κ1) is 31.9. The smallest absolute Gasteiger partial charge is 0.320 e. The summed E-state index contributed by atoms with van der Waals surface area (Å²) in [5.74, 6) is -4.98. The Morgan fingerprint density at radius 1 is 0.659 bits per heavy atom. The summed E-state index contributed by atoms with van der Waals surface area (Å²) >= 11 is 1.47. The van der Waals surface area contributed by atoms with Crippen LogP contribution in [0.2, 0.25) is 0 Å². The van der Waals surface area contributed by atoms with Crippen molar-refractivity contribution in [2.75, 3.05) is 5.75 Å². The number of benzene rings is 3. The number of carbonyl (C=O) groups is 3. The standard InChI is InChI=1S/C34H40O6S/c1-32(2,3)39-30(37)28(31(38)40-33(4,5)6)22-24(29(35)36)23-41-34(25-16-10-7-11-17-25,26-18-12-8-13-19-26)27-20-14-9-15-21-27/h7-21,24,28H,22-23H2,1-6H3,(H,35,36). The molecule has 41 heavy (non-hydrogen) atoms. The van der Waals surface area contributed by atoms with E-state index in [1.165, 1.54) is 11.8 Å². The quantitative estimate of drug-likeness (QED) is 0.148. The molecule has 0 amide bonds. The molecule has 1 atom stereocenters. The summed E-state index contributed by atoms with van der Waals surface area (Å²) < 4.78 is 10.3. The maximum Gasteiger partial charge on any atom is 0.320 e. The Hall–Kier alpha value is -3.58.